The SMILES string of the molecule is CC.NCC1=Nc2ccccc2C1. The number of hydrogen-bond donors (Lipinski definition) is 1. The molecule has 0 saturated heterocycles. The number of nitrogens with two attached hydrogens (primary N) is 1. The Morgan fingerprint density at radius 1 is 1.31 bits per heavy atom. The molecule has 0 saturated carbocycles. The van der Waals surface area contributed by atoms with Gasteiger partial charge in [-0.05, 0) is 11.6 Å². The molecule has 0 radical (unpaired) electrons. The molecule has 1 aliphatic heterocycles. The first-order valence-corrected chi connectivity index (χ1v) is 4.74. The number of para-hydroxylation sites is 1. The Morgan fingerprint density at radius 3 is 2.62 bits per heavy atom. The molecule has 0 fully saturated rings. The van der Waals surface area contributed by atoms with Crippen LogP contribution in [0.4, 0.5) is 5.69 Å². The van der Waals surface area contributed by atoms with Crippen LogP contribution in [-0.4, -0.2) is 12.3 Å². The van der Waals surface area contributed by atoms with Gasteiger partial charge in [0.25, 0.3) is 0 Å². The predicted molar refractivity (Wildman–Crippen MR) is 57.6 cm³/mol. The highest BCUT2D eigenvalue weighted by molar-refractivity contribution is 5.95. The molecule has 0 spiro atoms. The zero-order chi connectivity index (χ0) is 9.68. The van der Waals surface area contributed by atoms with E-state index in [2.05, 4.69) is 11.1 Å². The van der Waals surface area contributed by atoms with E-state index in [1.54, 1.807) is 0 Å². The molecule has 1 aliphatic rings. The molecule has 1 heterocycles. The monoisotopic (exact) mass is 176 g/mol. The molecule has 0 atom stereocenters. The number of benzene rings is 1. The van der Waals surface area contributed by atoms with Crippen LogP contribution in [0.1, 0.15) is 19.4 Å². The van der Waals surface area contributed by atoms with Crippen LogP contribution in [0.25, 0.3) is 0 Å². The molecule has 1 aromatic carbocycles. The van der Waals surface area contributed by atoms with Crippen molar-refractivity contribution < 1.29 is 0 Å². The number of nitrogens with zero attached hydrogens (tertiary/aromatic N) is 1. The number of aliphatic imine (C=N–C) groups is 1. The molecule has 0 amide bonds. The van der Waals surface area contributed by atoms with Gasteiger partial charge in [0, 0.05) is 18.7 Å². The van der Waals surface area contributed by atoms with Crippen LogP contribution in [0, 0.1) is 0 Å². The van der Waals surface area contributed by atoms with Crippen LogP contribution in [0.2, 0.25) is 0 Å². The lowest BCUT2D eigenvalue weighted by atomic mass is 10.1. The molecule has 1 aromatic rings. The number of hydrogen-bond acceptors (Lipinski definition) is 2. The lowest BCUT2D eigenvalue weighted by Gasteiger charge is -1.92. The Hall–Kier alpha value is -1.15. The average molecular weight is 176 g/mol. The normalized spacial score (nSPS) is 12.7. The number of fused-ring (bicyclic) bond motifs is 1. The zero-order valence-electron chi connectivity index (χ0n) is 8.25. The molecule has 70 valence electrons. The summed E-state index contributed by atoms with van der Waals surface area (Å²) < 4.78 is 0. The van der Waals surface area contributed by atoms with Gasteiger partial charge in [0.1, 0.15) is 0 Å². The minimum absolute atomic E-state index is 0.578. The van der Waals surface area contributed by atoms with E-state index in [4.69, 9.17) is 5.73 Å². The summed E-state index contributed by atoms with van der Waals surface area (Å²) in [5.41, 5.74) is 8.96. The lowest BCUT2D eigenvalue weighted by molar-refractivity contribution is 1.25. The second kappa shape index (κ2) is 4.77. The van der Waals surface area contributed by atoms with Crippen molar-refractivity contribution in [2.45, 2.75) is 20.3 Å². The third-order valence-electron chi connectivity index (χ3n) is 1.90. The summed E-state index contributed by atoms with van der Waals surface area (Å²) in [6, 6.07) is 8.16. The quantitative estimate of drug-likeness (QED) is 0.700. The summed E-state index contributed by atoms with van der Waals surface area (Å²) in [5, 5.41) is 0. The first-order chi connectivity index (χ1) is 6.40. The van der Waals surface area contributed by atoms with Crippen LogP contribution < -0.4 is 5.73 Å². The summed E-state index contributed by atoms with van der Waals surface area (Å²) in [4.78, 5) is 4.36. The van der Waals surface area contributed by atoms with E-state index < -0.39 is 0 Å². The first kappa shape index (κ1) is 9.93. The van der Waals surface area contributed by atoms with Crippen molar-refractivity contribution in [2.24, 2.45) is 10.7 Å². The summed E-state index contributed by atoms with van der Waals surface area (Å²) in [6.07, 6.45) is 0.937. The van der Waals surface area contributed by atoms with E-state index in [1.165, 1.54) is 5.56 Å². The summed E-state index contributed by atoms with van der Waals surface area (Å²) in [6.45, 7) is 4.58. The van der Waals surface area contributed by atoms with E-state index in [-0.39, 0.29) is 0 Å². The maximum atomic E-state index is 5.48. The maximum Gasteiger partial charge on any atom is 0.0665 e. The smallest absolute Gasteiger partial charge is 0.0665 e. The van der Waals surface area contributed by atoms with Crippen molar-refractivity contribution in [3.05, 3.63) is 29.8 Å². The van der Waals surface area contributed by atoms with Gasteiger partial charge >= 0.3 is 0 Å². The van der Waals surface area contributed by atoms with Crippen molar-refractivity contribution in [2.75, 3.05) is 6.54 Å². The highest BCUT2D eigenvalue weighted by Gasteiger charge is 2.10. The fourth-order valence-electron chi connectivity index (χ4n) is 1.32. The first-order valence-electron chi connectivity index (χ1n) is 4.74. The van der Waals surface area contributed by atoms with Gasteiger partial charge in [-0.2, -0.15) is 0 Å². The molecule has 0 aliphatic carbocycles. The van der Waals surface area contributed by atoms with Crippen LogP contribution in [0.3, 0.4) is 0 Å². The standard InChI is InChI=1S/C9H10N2.C2H6/c10-6-8-5-7-3-1-2-4-9(7)11-8;1-2/h1-4H,5-6,10H2;1-2H3. The number of rotatable bonds is 1. The van der Waals surface area contributed by atoms with Gasteiger partial charge in [-0.1, -0.05) is 32.0 Å². The van der Waals surface area contributed by atoms with E-state index in [1.807, 2.05) is 32.0 Å². The predicted octanol–water partition coefficient (Wildman–Crippen LogP) is 2.30. The molecule has 2 N–H and O–H groups in total. The van der Waals surface area contributed by atoms with Gasteiger partial charge in [-0.15, -0.1) is 0 Å². The van der Waals surface area contributed by atoms with Gasteiger partial charge in [-0.3, -0.25) is 4.99 Å². The Morgan fingerprint density at radius 2 is 2.00 bits per heavy atom. The Labute approximate surface area is 79.5 Å². The van der Waals surface area contributed by atoms with Gasteiger partial charge in [0.05, 0.1) is 5.69 Å². The molecular weight excluding hydrogens is 160 g/mol. The van der Waals surface area contributed by atoms with Crippen LogP contribution in [-0.2, 0) is 6.42 Å². The second-order valence-corrected chi connectivity index (χ2v) is 2.69. The minimum Gasteiger partial charge on any atom is -0.325 e. The molecule has 0 aromatic heterocycles. The fourth-order valence-corrected chi connectivity index (χ4v) is 1.32. The fraction of sp³-hybridized carbons (Fsp3) is 0.364. The molecule has 2 nitrogen and oxygen atoms in total. The average Bonchev–Trinajstić information content (AvgIpc) is 2.63. The highest BCUT2D eigenvalue weighted by Crippen LogP contribution is 2.25. The molecule has 0 bridgehead atoms. The van der Waals surface area contributed by atoms with Crippen molar-refractivity contribution >= 4 is 11.4 Å². The van der Waals surface area contributed by atoms with Crippen LogP contribution in [0.5, 0.6) is 0 Å². The van der Waals surface area contributed by atoms with Crippen LogP contribution >= 0.6 is 0 Å². The Kier molecular flexibility index (Phi) is 3.65. The largest absolute Gasteiger partial charge is 0.325 e. The van der Waals surface area contributed by atoms with Crippen molar-refractivity contribution in [3.63, 3.8) is 0 Å². The molecular formula is C11H16N2. The van der Waals surface area contributed by atoms with Gasteiger partial charge in [-0.25, -0.2) is 0 Å². The second-order valence-electron chi connectivity index (χ2n) is 2.69. The third-order valence-corrected chi connectivity index (χ3v) is 1.90. The summed E-state index contributed by atoms with van der Waals surface area (Å²) >= 11 is 0. The van der Waals surface area contributed by atoms with Gasteiger partial charge in [0.15, 0.2) is 0 Å². The zero-order valence-corrected chi connectivity index (χ0v) is 8.25. The molecule has 2 heteroatoms. The highest BCUT2D eigenvalue weighted by atomic mass is 14.8. The molecule has 0 unspecified atom stereocenters. The van der Waals surface area contributed by atoms with Crippen molar-refractivity contribution in [3.8, 4) is 0 Å². The third kappa shape index (κ3) is 2.16. The van der Waals surface area contributed by atoms with Crippen molar-refractivity contribution in [1.29, 1.82) is 0 Å². The van der Waals surface area contributed by atoms with E-state index in [9.17, 15) is 0 Å². The van der Waals surface area contributed by atoms with E-state index in [0.29, 0.717) is 6.54 Å². The van der Waals surface area contributed by atoms with Gasteiger partial charge in [0.2, 0.25) is 0 Å². The minimum atomic E-state index is 0.578. The van der Waals surface area contributed by atoms with Crippen LogP contribution in [0.15, 0.2) is 29.3 Å². The summed E-state index contributed by atoms with van der Waals surface area (Å²) in [7, 11) is 0. The summed E-state index contributed by atoms with van der Waals surface area (Å²) in [5.74, 6) is 0. The molecule has 13 heavy (non-hydrogen) atoms. The van der Waals surface area contributed by atoms with E-state index in [0.717, 1.165) is 17.8 Å². The van der Waals surface area contributed by atoms with Gasteiger partial charge < -0.3 is 5.73 Å². The van der Waals surface area contributed by atoms with Crippen molar-refractivity contribution in [1.82, 2.24) is 0 Å². The topological polar surface area (TPSA) is 38.4 Å². The Balaban J connectivity index is 0.000000396. The maximum absolute atomic E-state index is 5.48. The van der Waals surface area contributed by atoms with E-state index >= 15 is 0 Å². The Bertz CT molecular complexity index is 303. The molecule has 2 rings (SSSR count). The lowest BCUT2D eigenvalue weighted by Crippen LogP contribution is -2.12.